The number of sulfonamides is 1. The largest absolute Gasteiger partial charge is 0.268 e. The molecule has 2 aromatic heterocycles. The summed E-state index contributed by atoms with van der Waals surface area (Å²) in [4.78, 5) is 15.9. The fraction of sp³-hybridized carbons (Fsp3) is 0.250. The van der Waals surface area contributed by atoms with E-state index in [4.69, 9.17) is 0 Å². The molecule has 0 fully saturated rings. The zero-order chi connectivity index (χ0) is 18.6. The Morgan fingerprint density at radius 2 is 1.88 bits per heavy atom. The van der Waals surface area contributed by atoms with Crippen LogP contribution in [0.4, 0.5) is 0 Å². The lowest BCUT2D eigenvalue weighted by atomic mass is 10.2. The number of hydrogen-bond acceptors (Lipinski definition) is 6. The Morgan fingerprint density at radius 1 is 1.12 bits per heavy atom. The summed E-state index contributed by atoms with van der Waals surface area (Å²) in [6, 6.07) is 9.56. The van der Waals surface area contributed by atoms with Gasteiger partial charge in [0.1, 0.15) is 12.7 Å². The monoisotopic (exact) mass is 374 g/mol. The van der Waals surface area contributed by atoms with Crippen LogP contribution < -0.4 is 10.3 Å². The number of nitrogens with zero attached hydrogens (tertiary/aromatic N) is 5. The quantitative estimate of drug-likeness (QED) is 0.639. The van der Waals surface area contributed by atoms with Gasteiger partial charge in [-0.15, -0.1) is 5.10 Å². The Hall–Kier alpha value is -2.85. The third kappa shape index (κ3) is 4.03. The molecule has 26 heavy (non-hydrogen) atoms. The van der Waals surface area contributed by atoms with E-state index < -0.39 is 10.0 Å². The maximum atomic E-state index is 12.3. The van der Waals surface area contributed by atoms with E-state index >= 15 is 0 Å². The second-order valence-electron chi connectivity index (χ2n) is 5.49. The van der Waals surface area contributed by atoms with Gasteiger partial charge in [0.05, 0.1) is 11.4 Å². The highest BCUT2D eigenvalue weighted by atomic mass is 32.2. The Morgan fingerprint density at radius 3 is 2.54 bits per heavy atom. The summed E-state index contributed by atoms with van der Waals surface area (Å²) in [5, 5.41) is 8.11. The van der Waals surface area contributed by atoms with Gasteiger partial charge in [0, 0.05) is 12.6 Å². The van der Waals surface area contributed by atoms with Gasteiger partial charge in [-0.2, -0.15) is 5.10 Å². The van der Waals surface area contributed by atoms with E-state index in [9.17, 15) is 13.2 Å². The van der Waals surface area contributed by atoms with Gasteiger partial charge >= 0.3 is 0 Å². The number of aromatic nitrogens is 5. The molecule has 0 saturated heterocycles. The summed E-state index contributed by atoms with van der Waals surface area (Å²) < 4.78 is 29.7. The predicted octanol–water partition coefficient (Wildman–Crippen LogP) is 0.365. The van der Waals surface area contributed by atoms with Crippen LogP contribution >= 0.6 is 0 Å². The highest BCUT2D eigenvalue weighted by molar-refractivity contribution is 7.89. The van der Waals surface area contributed by atoms with Crippen LogP contribution in [0.15, 0.2) is 58.7 Å². The standard InChI is InChI=1S/C16H18N6O3S/c1-2-13-3-5-14(6-4-13)26(24,25)19-9-10-21-16(23)8-7-15(20-21)22-12-17-11-18-22/h3-8,11-12,19H,2,9-10H2,1H3. The molecule has 1 aromatic carbocycles. The summed E-state index contributed by atoms with van der Waals surface area (Å²) in [7, 11) is -3.64. The molecule has 9 nitrogen and oxygen atoms in total. The molecule has 0 radical (unpaired) electrons. The van der Waals surface area contributed by atoms with Crippen molar-refractivity contribution >= 4 is 10.0 Å². The van der Waals surface area contributed by atoms with Gasteiger partial charge in [0.25, 0.3) is 5.56 Å². The van der Waals surface area contributed by atoms with Gasteiger partial charge in [-0.3, -0.25) is 4.79 Å². The molecule has 3 rings (SSSR count). The van der Waals surface area contributed by atoms with E-state index in [1.165, 1.54) is 34.2 Å². The zero-order valence-corrected chi connectivity index (χ0v) is 14.9. The smallest absolute Gasteiger partial charge is 0.266 e. The van der Waals surface area contributed by atoms with Crippen LogP contribution in [0.25, 0.3) is 5.82 Å². The molecule has 136 valence electrons. The molecule has 0 unspecified atom stereocenters. The van der Waals surface area contributed by atoms with E-state index in [0.717, 1.165) is 12.0 Å². The van der Waals surface area contributed by atoms with Crippen molar-refractivity contribution in [1.29, 1.82) is 0 Å². The van der Waals surface area contributed by atoms with Crippen LogP contribution in [0.1, 0.15) is 12.5 Å². The van der Waals surface area contributed by atoms with Crippen LogP contribution in [0, 0.1) is 0 Å². The molecule has 0 spiro atoms. The van der Waals surface area contributed by atoms with E-state index in [1.54, 1.807) is 24.3 Å². The molecule has 0 bridgehead atoms. The third-order valence-corrected chi connectivity index (χ3v) is 5.24. The van der Waals surface area contributed by atoms with Crippen molar-refractivity contribution in [3.8, 4) is 5.82 Å². The van der Waals surface area contributed by atoms with Crippen LogP contribution in [0.2, 0.25) is 0 Å². The normalized spacial score (nSPS) is 11.6. The first-order valence-electron chi connectivity index (χ1n) is 8.01. The second kappa shape index (κ2) is 7.58. The summed E-state index contributed by atoms with van der Waals surface area (Å²) in [5.41, 5.74) is 0.727. The van der Waals surface area contributed by atoms with Crippen LogP contribution in [0.3, 0.4) is 0 Å². The van der Waals surface area contributed by atoms with Crippen molar-refractivity contribution in [3.05, 3.63) is 65.0 Å². The van der Waals surface area contributed by atoms with E-state index in [1.807, 2.05) is 6.92 Å². The first-order chi connectivity index (χ1) is 12.5. The second-order valence-corrected chi connectivity index (χ2v) is 7.26. The zero-order valence-electron chi connectivity index (χ0n) is 14.1. The van der Waals surface area contributed by atoms with Gasteiger partial charge in [-0.05, 0) is 30.2 Å². The first-order valence-corrected chi connectivity index (χ1v) is 9.49. The topological polar surface area (TPSA) is 112 Å². The van der Waals surface area contributed by atoms with Gasteiger partial charge in [0.15, 0.2) is 5.82 Å². The molecular weight excluding hydrogens is 356 g/mol. The van der Waals surface area contributed by atoms with Crippen molar-refractivity contribution in [2.75, 3.05) is 6.54 Å². The highest BCUT2D eigenvalue weighted by Crippen LogP contribution is 2.10. The molecule has 0 aliphatic heterocycles. The maximum Gasteiger partial charge on any atom is 0.266 e. The van der Waals surface area contributed by atoms with Crippen molar-refractivity contribution in [1.82, 2.24) is 29.3 Å². The average Bonchev–Trinajstić information content (AvgIpc) is 3.18. The molecule has 10 heteroatoms. The minimum absolute atomic E-state index is 0.0333. The van der Waals surface area contributed by atoms with Gasteiger partial charge < -0.3 is 0 Å². The maximum absolute atomic E-state index is 12.3. The van der Waals surface area contributed by atoms with Gasteiger partial charge in [-0.1, -0.05) is 19.1 Å². The Balaban J connectivity index is 1.69. The molecule has 2 heterocycles. The average molecular weight is 374 g/mol. The Bertz CT molecular complexity index is 1030. The molecule has 3 aromatic rings. The van der Waals surface area contributed by atoms with Crippen LogP contribution in [-0.4, -0.2) is 39.5 Å². The van der Waals surface area contributed by atoms with Crippen molar-refractivity contribution in [2.45, 2.75) is 24.8 Å². The number of nitrogens with one attached hydrogen (secondary N) is 1. The fourth-order valence-corrected chi connectivity index (χ4v) is 3.34. The van der Waals surface area contributed by atoms with Crippen molar-refractivity contribution in [2.24, 2.45) is 0 Å². The number of benzene rings is 1. The first kappa shape index (κ1) is 18.0. The lowest BCUT2D eigenvalue weighted by Gasteiger charge is -2.09. The van der Waals surface area contributed by atoms with E-state index in [2.05, 4.69) is 19.9 Å². The number of aryl methyl sites for hydroxylation is 1. The summed E-state index contributed by atoms with van der Waals surface area (Å²) in [6.45, 7) is 2.12. The minimum Gasteiger partial charge on any atom is -0.268 e. The summed E-state index contributed by atoms with van der Waals surface area (Å²) >= 11 is 0. The number of hydrogen-bond donors (Lipinski definition) is 1. The predicted molar refractivity (Wildman–Crippen MR) is 94.4 cm³/mol. The Labute approximate surface area is 150 Å². The molecule has 1 N–H and O–H groups in total. The molecular formula is C16H18N6O3S. The molecule has 0 aliphatic carbocycles. The van der Waals surface area contributed by atoms with E-state index in [-0.39, 0.29) is 23.5 Å². The summed E-state index contributed by atoms with van der Waals surface area (Å²) in [5.74, 6) is 0.417. The van der Waals surface area contributed by atoms with E-state index in [0.29, 0.717) is 5.82 Å². The van der Waals surface area contributed by atoms with Crippen molar-refractivity contribution in [3.63, 3.8) is 0 Å². The third-order valence-electron chi connectivity index (χ3n) is 3.76. The Kier molecular flexibility index (Phi) is 5.24. The summed E-state index contributed by atoms with van der Waals surface area (Å²) in [6.07, 6.45) is 3.65. The lowest BCUT2D eigenvalue weighted by Crippen LogP contribution is -2.32. The molecule has 0 amide bonds. The number of rotatable bonds is 7. The van der Waals surface area contributed by atoms with Crippen molar-refractivity contribution < 1.29 is 8.42 Å². The molecule has 0 aliphatic rings. The van der Waals surface area contributed by atoms with Gasteiger partial charge in [-0.25, -0.2) is 27.5 Å². The SMILES string of the molecule is CCc1ccc(S(=O)(=O)NCCn2nc(-n3cncn3)ccc2=O)cc1. The fourth-order valence-electron chi connectivity index (χ4n) is 2.32. The minimum atomic E-state index is -3.64. The highest BCUT2D eigenvalue weighted by Gasteiger charge is 2.13. The lowest BCUT2D eigenvalue weighted by molar-refractivity contribution is 0.542. The van der Waals surface area contributed by atoms with Crippen LogP contribution in [-0.2, 0) is 23.0 Å². The molecule has 0 saturated carbocycles. The molecule has 0 atom stereocenters. The van der Waals surface area contributed by atoms with Crippen LogP contribution in [0.5, 0.6) is 0 Å². The van der Waals surface area contributed by atoms with Gasteiger partial charge in [0.2, 0.25) is 10.0 Å².